The van der Waals surface area contributed by atoms with E-state index in [1.807, 2.05) is 6.07 Å². The van der Waals surface area contributed by atoms with Crippen LogP contribution in [0.25, 0.3) is 0 Å². The van der Waals surface area contributed by atoms with Crippen LogP contribution in [-0.2, 0) is 10.0 Å². The maximum atomic E-state index is 12.6. The molecular formula is C12H13N3O4S. The Kier molecular flexibility index (Phi) is 4.01. The summed E-state index contributed by atoms with van der Waals surface area (Å²) in [4.78, 5) is 9.94. The highest BCUT2D eigenvalue weighted by molar-refractivity contribution is 7.89. The fraction of sp³-hybridized carbons (Fsp3) is 0.417. The van der Waals surface area contributed by atoms with Gasteiger partial charge in [-0.2, -0.15) is 9.57 Å². The second kappa shape index (κ2) is 5.56. The van der Waals surface area contributed by atoms with Crippen LogP contribution in [0.4, 0.5) is 5.69 Å². The number of hydrogen-bond donors (Lipinski definition) is 0. The molecule has 1 aliphatic carbocycles. The van der Waals surface area contributed by atoms with E-state index >= 15 is 0 Å². The lowest BCUT2D eigenvalue weighted by Gasteiger charge is -2.20. The van der Waals surface area contributed by atoms with Crippen LogP contribution >= 0.6 is 0 Å². The minimum atomic E-state index is -3.95. The Bertz CT molecular complexity index is 662. The summed E-state index contributed by atoms with van der Waals surface area (Å²) in [6.45, 7) is 0.0650. The van der Waals surface area contributed by atoms with Crippen LogP contribution in [0.3, 0.4) is 0 Å². The van der Waals surface area contributed by atoms with Crippen molar-refractivity contribution in [1.82, 2.24) is 4.31 Å². The van der Waals surface area contributed by atoms with Crippen LogP contribution < -0.4 is 0 Å². The van der Waals surface area contributed by atoms with E-state index in [4.69, 9.17) is 5.26 Å². The molecule has 0 amide bonds. The fourth-order valence-corrected chi connectivity index (χ4v) is 3.82. The molecule has 0 radical (unpaired) electrons. The Hall–Kier alpha value is -1.98. The standard InChI is InChI=1S/C12H13N3O4S/c13-8-3-9-14(10-6-7-10)20(18,19)12-5-2-1-4-11(12)15(16)17/h1-2,4-5,10H,3,6-7,9H2. The summed E-state index contributed by atoms with van der Waals surface area (Å²) in [6, 6.07) is 7.03. The number of nitrogens with zero attached hydrogens (tertiary/aromatic N) is 3. The molecule has 0 aliphatic heterocycles. The molecule has 1 aromatic rings. The molecule has 0 spiro atoms. The van der Waals surface area contributed by atoms with Gasteiger partial charge in [-0.25, -0.2) is 8.42 Å². The molecular weight excluding hydrogens is 282 g/mol. The summed E-state index contributed by atoms with van der Waals surface area (Å²) in [5.41, 5.74) is -0.435. The smallest absolute Gasteiger partial charge is 0.258 e. The highest BCUT2D eigenvalue weighted by Crippen LogP contribution is 2.34. The van der Waals surface area contributed by atoms with Gasteiger partial charge in [-0.1, -0.05) is 12.1 Å². The maximum absolute atomic E-state index is 12.6. The molecule has 20 heavy (non-hydrogen) atoms. The Balaban J connectivity index is 2.43. The largest absolute Gasteiger partial charge is 0.289 e. The number of sulfonamides is 1. The third kappa shape index (κ3) is 2.79. The topological polar surface area (TPSA) is 104 Å². The number of nitro groups is 1. The van der Waals surface area contributed by atoms with Crippen molar-refractivity contribution in [2.24, 2.45) is 0 Å². The first kappa shape index (κ1) is 14.4. The van der Waals surface area contributed by atoms with E-state index in [9.17, 15) is 18.5 Å². The molecule has 8 heteroatoms. The van der Waals surface area contributed by atoms with E-state index < -0.39 is 20.6 Å². The average Bonchev–Trinajstić information content (AvgIpc) is 3.23. The van der Waals surface area contributed by atoms with Gasteiger partial charge in [0.05, 0.1) is 11.0 Å². The van der Waals surface area contributed by atoms with Crippen molar-refractivity contribution in [2.75, 3.05) is 6.54 Å². The molecule has 0 N–H and O–H groups in total. The van der Waals surface area contributed by atoms with E-state index in [1.165, 1.54) is 28.6 Å². The van der Waals surface area contributed by atoms with E-state index in [2.05, 4.69) is 0 Å². The van der Waals surface area contributed by atoms with E-state index in [1.54, 1.807) is 0 Å². The zero-order valence-corrected chi connectivity index (χ0v) is 11.4. The lowest BCUT2D eigenvalue weighted by atomic mass is 10.3. The molecule has 0 atom stereocenters. The van der Waals surface area contributed by atoms with E-state index in [-0.39, 0.29) is 23.9 Å². The van der Waals surface area contributed by atoms with Gasteiger partial charge in [-0.15, -0.1) is 0 Å². The van der Waals surface area contributed by atoms with Gasteiger partial charge in [0.1, 0.15) is 0 Å². The van der Waals surface area contributed by atoms with Crippen molar-refractivity contribution < 1.29 is 13.3 Å². The molecule has 0 bridgehead atoms. The second-order valence-corrected chi connectivity index (χ2v) is 6.34. The molecule has 0 saturated heterocycles. The van der Waals surface area contributed by atoms with Crippen LogP contribution in [0, 0.1) is 21.4 Å². The molecule has 1 saturated carbocycles. The highest BCUT2D eigenvalue weighted by Gasteiger charge is 2.40. The normalized spacial score (nSPS) is 15.0. The first-order valence-electron chi connectivity index (χ1n) is 6.10. The molecule has 0 unspecified atom stereocenters. The van der Waals surface area contributed by atoms with Crippen LogP contribution in [0.1, 0.15) is 19.3 Å². The predicted octanol–water partition coefficient (Wildman–Crippen LogP) is 1.66. The Labute approximate surface area is 116 Å². The van der Waals surface area contributed by atoms with Gasteiger partial charge in [-0.05, 0) is 18.9 Å². The van der Waals surface area contributed by atoms with Gasteiger partial charge in [0.15, 0.2) is 4.90 Å². The van der Waals surface area contributed by atoms with Crippen LogP contribution in [0.5, 0.6) is 0 Å². The predicted molar refractivity (Wildman–Crippen MR) is 70.2 cm³/mol. The van der Waals surface area contributed by atoms with Crippen LogP contribution in [0.2, 0.25) is 0 Å². The lowest BCUT2D eigenvalue weighted by molar-refractivity contribution is -0.387. The van der Waals surface area contributed by atoms with Gasteiger partial charge in [-0.3, -0.25) is 10.1 Å². The summed E-state index contributed by atoms with van der Waals surface area (Å²) < 4.78 is 26.3. The van der Waals surface area contributed by atoms with Crippen molar-refractivity contribution in [2.45, 2.75) is 30.2 Å². The molecule has 0 heterocycles. The van der Waals surface area contributed by atoms with Crippen molar-refractivity contribution >= 4 is 15.7 Å². The Morgan fingerprint density at radius 2 is 2.05 bits per heavy atom. The minimum absolute atomic E-state index is 0.0650. The molecule has 1 fully saturated rings. The molecule has 1 aliphatic rings. The summed E-state index contributed by atoms with van der Waals surface area (Å²) in [5, 5.41) is 19.6. The van der Waals surface area contributed by atoms with E-state index in [0.29, 0.717) is 0 Å². The van der Waals surface area contributed by atoms with Gasteiger partial charge in [0, 0.05) is 25.1 Å². The van der Waals surface area contributed by atoms with E-state index in [0.717, 1.165) is 12.8 Å². The zero-order chi connectivity index (χ0) is 14.8. The third-order valence-electron chi connectivity index (χ3n) is 3.05. The SMILES string of the molecule is N#CCCN(C1CC1)S(=O)(=O)c1ccccc1[N+](=O)[O-]. The third-order valence-corrected chi connectivity index (χ3v) is 5.05. The minimum Gasteiger partial charge on any atom is -0.258 e. The van der Waals surface area contributed by atoms with Gasteiger partial charge in [0.25, 0.3) is 5.69 Å². The average molecular weight is 295 g/mol. The summed E-state index contributed by atoms with van der Waals surface area (Å²) in [5.74, 6) is 0. The molecule has 7 nitrogen and oxygen atoms in total. The number of nitriles is 1. The number of benzene rings is 1. The molecule has 0 aromatic heterocycles. The van der Waals surface area contributed by atoms with Gasteiger partial charge in [0.2, 0.25) is 10.0 Å². The van der Waals surface area contributed by atoms with Crippen LogP contribution in [0.15, 0.2) is 29.2 Å². The first-order valence-corrected chi connectivity index (χ1v) is 7.54. The highest BCUT2D eigenvalue weighted by atomic mass is 32.2. The quantitative estimate of drug-likeness (QED) is 0.586. The van der Waals surface area contributed by atoms with Crippen molar-refractivity contribution in [3.8, 4) is 6.07 Å². The summed E-state index contributed by atoms with van der Waals surface area (Å²) in [6.07, 6.45) is 1.52. The Morgan fingerprint density at radius 1 is 1.40 bits per heavy atom. The second-order valence-electron chi connectivity index (χ2n) is 4.48. The summed E-state index contributed by atoms with van der Waals surface area (Å²) >= 11 is 0. The first-order chi connectivity index (χ1) is 9.48. The van der Waals surface area contributed by atoms with Gasteiger partial charge >= 0.3 is 0 Å². The fourth-order valence-electron chi connectivity index (χ4n) is 1.97. The molecule has 2 rings (SSSR count). The maximum Gasteiger partial charge on any atom is 0.289 e. The lowest BCUT2D eigenvalue weighted by Crippen LogP contribution is -2.34. The van der Waals surface area contributed by atoms with Gasteiger partial charge < -0.3 is 0 Å². The van der Waals surface area contributed by atoms with Crippen molar-refractivity contribution in [3.05, 3.63) is 34.4 Å². The van der Waals surface area contributed by atoms with Crippen molar-refractivity contribution in [3.63, 3.8) is 0 Å². The number of rotatable bonds is 6. The number of nitro benzene ring substituents is 1. The monoisotopic (exact) mass is 295 g/mol. The zero-order valence-electron chi connectivity index (χ0n) is 10.6. The van der Waals surface area contributed by atoms with Crippen molar-refractivity contribution in [1.29, 1.82) is 5.26 Å². The molecule has 1 aromatic carbocycles. The molecule has 106 valence electrons. The Morgan fingerprint density at radius 3 is 2.60 bits per heavy atom. The van der Waals surface area contributed by atoms with Crippen LogP contribution in [-0.4, -0.2) is 30.2 Å². The number of para-hydroxylation sites is 1. The summed E-state index contributed by atoms with van der Waals surface area (Å²) in [7, 11) is -3.95. The number of hydrogen-bond acceptors (Lipinski definition) is 5.